The molecule has 2 amide bonds. The van der Waals surface area contributed by atoms with E-state index in [0.29, 0.717) is 44.7 Å². The summed E-state index contributed by atoms with van der Waals surface area (Å²) in [5.74, 6) is -2.23. The van der Waals surface area contributed by atoms with Gasteiger partial charge in [0, 0.05) is 43.9 Å². The van der Waals surface area contributed by atoms with Crippen molar-refractivity contribution in [1.29, 1.82) is 0 Å². The lowest BCUT2D eigenvalue weighted by atomic mass is 9.65. The van der Waals surface area contributed by atoms with Crippen molar-refractivity contribution < 1.29 is 32.6 Å². The molecule has 0 aromatic rings. The van der Waals surface area contributed by atoms with Gasteiger partial charge in [-0.1, -0.05) is 0 Å². The molecule has 5 rings (SSSR count). The molecule has 10 heteroatoms. The lowest BCUT2D eigenvalue weighted by Gasteiger charge is -2.53. The minimum Gasteiger partial charge on any atom is -0.444 e. The van der Waals surface area contributed by atoms with E-state index in [1.807, 2.05) is 25.7 Å². The molecule has 0 aromatic carbocycles. The number of ketones is 1. The van der Waals surface area contributed by atoms with Crippen molar-refractivity contribution in [3.8, 4) is 0 Å². The molecule has 3 aliphatic heterocycles. The van der Waals surface area contributed by atoms with Crippen molar-refractivity contribution in [1.82, 2.24) is 14.7 Å². The fraction of sp³-hybridized carbons (Fsp3) is 0.897. The molecule has 0 N–H and O–H groups in total. The largest absolute Gasteiger partial charge is 0.444 e. The molecule has 0 radical (unpaired) electrons. The van der Waals surface area contributed by atoms with Gasteiger partial charge in [-0.05, 0) is 84.0 Å². The molecule has 1 atom stereocenters. The number of nitrogens with zero attached hydrogens (tertiary/aromatic N) is 3. The van der Waals surface area contributed by atoms with E-state index in [1.54, 1.807) is 9.80 Å². The summed E-state index contributed by atoms with van der Waals surface area (Å²) >= 11 is 0. The van der Waals surface area contributed by atoms with E-state index < -0.39 is 23.7 Å². The average Bonchev–Trinajstić information content (AvgIpc) is 2.86. The Bertz CT molecular complexity index is 931. The fourth-order valence-corrected chi connectivity index (χ4v) is 7.50. The monoisotopic (exact) mass is 553 g/mol. The third-order valence-corrected chi connectivity index (χ3v) is 10.1. The molecule has 39 heavy (non-hydrogen) atoms. The second kappa shape index (κ2) is 10.5. The molecule has 8 nitrogen and oxygen atoms in total. The standard InChI is InChI=1S/C29H45F2N3O5/c1-26(2,3)39-25(37)33-17-14-28(10-4-21(5-11-28)34-19-29(30,31)20-34)23(18-33)38-24(36)32-15-12-27(13-16-32)8-6-22(35)7-9-27/h21,23H,4-20H2,1-3H3. The molecule has 1 unspecified atom stereocenters. The molecule has 5 fully saturated rings. The van der Waals surface area contributed by atoms with Crippen molar-refractivity contribution in [2.24, 2.45) is 10.8 Å². The van der Waals surface area contributed by atoms with Crippen LogP contribution in [0.1, 0.15) is 91.4 Å². The number of carbonyl (C=O) groups is 3. The molecule has 3 saturated heterocycles. The molecule has 5 aliphatic rings. The highest BCUT2D eigenvalue weighted by Crippen LogP contribution is 2.49. The Morgan fingerprint density at radius 1 is 0.846 bits per heavy atom. The zero-order chi connectivity index (χ0) is 28.1. The highest BCUT2D eigenvalue weighted by Gasteiger charge is 2.53. The number of piperidine rings is 2. The summed E-state index contributed by atoms with van der Waals surface area (Å²) in [6, 6.07) is 0.135. The number of likely N-dealkylation sites (tertiary alicyclic amines) is 3. The number of ether oxygens (including phenoxy) is 2. The van der Waals surface area contributed by atoms with E-state index in [9.17, 15) is 23.2 Å². The minimum absolute atomic E-state index is 0.135. The highest BCUT2D eigenvalue weighted by molar-refractivity contribution is 5.79. The zero-order valence-electron chi connectivity index (χ0n) is 23.8. The van der Waals surface area contributed by atoms with Crippen LogP contribution in [0.15, 0.2) is 0 Å². The summed E-state index contributed by atoms with van der Waals surface area (Å²) in [4.78, 5) is 43.4. The summed E-state index contributed by atoms with van der Waals surface area (Å²) in [6.45, 7) is 7.22. The van der Waals surface area contributed by atoms with Gasteiger partial charge >= 0.3 is 12.2 Å². The van der Waals surface area contributed by atoms with E-state index in [-0.39, 0.29) is 42.6 Å². The van der Waals surface area contributed by atoms with Crippen LogP contribution in [-0.2, 0) is 14.3 Å². The first-order valence-corrected chi connectivity index (χ1v) is 14.8. The maximum atomic E-state index is 13.5. The fourth-order valence-electron chi connectivity index (χ4n) is 7.50. The molecular weight excluding hydrogens is 508 g/mol. The van der Waals surface area contributed by atoms with Crippen molar-refractivity contribution in [2.75, 3.05) is 39.3 Å². The van der Waals surface area contributed by atoms with Crippen LogP contribution < -0.4 is 0 Å². The van der Waals surface area contributed by atoms with E-state index >= 15 is 0 Å². The van der Waals surface area contributed by atoms with Crippen LogP contribution >= 0.6 is 0 Å². The number of rotatable bonds is 2. The topological polar surface area (TPSA) is 79.4 Å². The van der Waals surface area contributed by atoms with E-state index in [0.717, 1.165) is 51.4 Å². The zero-order valence-corrected chi connectivity index (χ0v) is 23.8. The predicted octanol–water partition coefficient (Wildman–Crippen LogP) is 5.24. The Balaban J connectivity index is 1.23. The van der Waals surface area contributed by atoms with Crippen molar-refractivity contribution in [3.63, 3.8) is 0 Å². The van der Waals surface area contributed by atoms with Gasteiger partial charge in [-0.25, -0.2) is 18.4 Å². The second-order valence-electron chi connectivity index (χ2n) is 13.9. The van der Waals surface area contributed by atoms with Crippen molar-refractivity contribution in [2.45, 2.75) is 115 Å². The molecular formula is C29H45F2N3O5. The van der Waals surface area contributed by atoms with Crippen LogP contribution in [0.4, 0.5) is 18.4 Å². The molecule has 0 aromatic heterocycles. The quantitative estimate of drug-likeness (QED) is 0.466. The maximum Gasteiger partial charge on any atom is 0.410 e. The number of hydrogen-bond acceptors (Lipinski definition) is 6. The number of carbonyl (C=O) groups excluding carboxylic acids is 3. The number of halogens is 2. The van der Waals surface area contributed by atoms with E-state index in [2.05, 4.69) is 0 Å². The van der Waals surface area contributed by atoms with Crippen LogP contribution in [0, 0.1) is 10.8 Å². The van der Waals surface area contributed by atoms with Gasteiger partial charge < -0.3 is 19.3 Å². The van der Waals surface area contributed by atoms with Gasteiger partial charge in [0.15, 0.2) is 0 Å². The minimum atomic E-state index is -2.58. The van der Waals surface area contributed by atoms with Crippen LogP contribution in [0.25, 0.3) is 0 Å². The van der Waals surface area contributed by atoms with Crippen molar-refractivity contribution in [3.05, 3.63) is 0 Å². The smallest absolute Gasteiger partial charge is 0.410 e. The van der Waals surface area contributed by atoms with Gasteiger partial charge in [0.05, 0.1) is 19.6 Å². The average molecular weight is 554 g/mol. The summed E-state index contributed by atoms with van der Waals surface area (Å²) in [7, 11) is 0. The summed E-state index contributed by atoms with van der Waals surface area (Å²) < 4.78 is 38.8. The van der Waals surface area contributed by atoms with Crippen molar-refractivity contribution >= 4 is 18.0 Å². The second-order valence-corrected chi connectivity index (χ2v) is 13.9. The Kier molecular flexibility index (Phi) is 7.65. The Hall–Kier alpha value is -1.97. The Labute approximate surface area is 230 Å². The first kappa shape index (κ1) is 28.6. The van der Waals surface area contributed by atoms with Crippen LogP contribution in [0.2, 0.25) is 0 Å². The van der Waals surface area contributed by atoms with Gasteiger partial charge in [0.25, 0.3) is 5.92 Å². The summed E-state index contributed by atoms with van der Waals surface area (Å²) in [5.41, 5.74) is -0.724. The molecule has 220 valence electrons. The van der Waals surface area contributed by atoms with Gasteiger partial charge in [-0.3, -0.25) is 9.69 Å². The van der Waals surface area contributed by atoms with Crippen LogP contribution in [-0.4, -0.2) is 95.6 Å². The van der Waals surface area contributed by atoms with Gasteiger partial charge in [0.1, 0.15) is 17.5 Å². The first-order chi connectivity index (χ1) is 18.3. The van der Waals surface area contributed by atoms with E-state index in [1.165, 1.54) is 0 Å². The normalized spacial score (nSPS) is 33.1. The molecule has 3 heterocycles. The number of Topliss-reactive ketones (excluding diaryl/α,β-unsaturated/α-hetero) is 1. The molecule has 2 aliphatic carbocycles. The Morgan fingerprint density at radius 3 is 2.00 bits per heavy atom. The van der Waals surface area contributed by atoms with Gasteiger partial charge in [0.2, 0.25) is 0 Å². The number of amides is 2. The van der Waals surface area contributed by atoms with Gasteiger partial charge in [-0.15, -0.1) is 0 Å². The molecule has 2 spiro atoms. The van der Waals surface area contributed by atoms with E-state index in [4.69, 9.17) is 9.47 Å². The van der Waals surface area contributed by atoms with Gasteiger partial charge in [-0.2, -0.15) is 0 Å². The third-order valence-electron chi connectivity index (χ3n) is 10.1. The summed E-state index contributed by atoms with van der Waals surface area (Å²) in [5, 5.41) is 0. The maximum absolute atomic E-state index is 13.5. The number of hydrogen-bond donors (Lipinski definition) is 0. The first-order valence-electron chi connectivity index (χ1n) is 14.8. The SMILES string of the molecule is CC(C)(C)OC(=O)N1CCC2(CCC(N3CC(F)(F)C3)CC2)C(OC(=O)N2CCC3(CCC(=O)CC3)CC2)C1. The Morgan fingerprint density at radius 2 is 1.44 bits per heavy atom. The lowest BCUT2D eigenvalue weighted by molar-refractivity contribution is -0.159. The highest BCUT2D eigenvalue weighted by atomic mass is 19.3. The predicted molar refractivity (Wildman–Crippen MR) is 141 cm³/mol. The third kappa shape index (κ3) is 6.35. The lowest BCUT2D eigenvalue weighted by Crippen LogP contribution is -2.62. The molecule has 0 bridgehead atoms. The van der Waals surface area contributed by atoms with Crippen LogP contribution in [0.3, 0.4) is 0 Å². The molecule has 2 saturated carbocycles. The summed E-state index contributed by atoms with van der Waals surface area (Å²) in [6.07, 6.45) is 7.55. The number of alkyl halides is 2. The van der Waals surface area contributed by atoms with Crippen LogP contribution in [0.5, 0.6) is 0 Å².